The number of carbonyl (C=O) groups excluding carboxylic acids is 1. The number of aryl methyl sites for hydroxylation is 1. The van der Waals surface area contributed by atoms with Gasteiger partial charge in [-0.3, -0.25) is 4.79 Å². The maximum absolute atomic E-state index is 12.7. The van der Waals surface area contributed by atoms with Crippen LogP contribution in [-0.4, -0.2) is 46.5 Å². The SMILES string of the molecule is CCn1c(N2CCN(C(=O)c3ccc(Cl)cc3)CC2)nc2ccccc21. The summed E-state index contributed by atoms with van der Waals surface area (Å²) in [5.74, 6) is 1.05. The van der Waals surface area contributed by atoms with Gasteiger partial charge in [0.2, 0.25) is 5.95 Å². The van der Waals surface area contributed by atoms with Crippen LogP contribution in [0.25, 0.3) is 11.0 Å². The summed E-state index contributed by atoms with van der Waals surface area (Å²) in [6.07, 6.45) is 0. The molecule has 0 radical (unpaired) electrons. The zero-order valence-corrected chi connectivity index (χ0v) is 15.5. The van der Waals surface area contributed by atoms with Gasteiger partial charge in [-0.05, 0) is 43.3 Å². The number of amides is 1. The molecule has 1 amide bonds. The van der Waals surface area contributed by atoms with Crippen molar-refractivity contribution in [3.8, 4) is 0 Å². The van der Waals surface area contributed by atoms with Crippen molar-refractivity contribution >= 4 is 34.5 Å². The summed E-state index contributed by atoms with van der Waals surface area (Å²) < 4.78 is 2.24. The van der Waals surface area contributed by atoms with E-state index < -0.39 is 0 Å². The highest BCUT2D eigenvalue weighted by Gasteiger charge is 2.25. The lowest BCUT2D eigenvalue weighted by atomic mass is 10.2. The molecule has 1 aliphatic rings. The second-order valence-electron chi connectivity index (χ2n) is 6.43. The van der Waals surface area contributed by atoms with Crippen LogP contribution < -0.4 is 4.90 Å². The average Bonchev–Trinajstić information content (AvgIpc) is 3.07. The van der Waals surface area contributed by atoms with Crippen LogP contribution in [0.4, 0.5) is 5.95 Å². The fraction of sp³-hybridized carbons (Fsp3) is 0.300. The smallest absolute Gasteiger partial charge is 0.253 e. The molecule has 0 unspecified atom stereocenters. The molecule has 1 aromatic heterocycles. The minimum absolute atomic E-state index is 0.0605. The van der Waals surface area contributed by atoms with Crippen molar-refractivity contribution in [1.29, 1.82) is 0 Å². The number of fused-ring (bicyclic) bond motifs is 1. The summed E-state index contributed by atoms with van der Waals surface area (Å²) in [7, 11) is 0. The maximum atomic E-state index is 12.7. The summed E-state index contributed by atoms with van der Waals surface area (Å²) in [6.45, 7) is 5.95. The van der Waals surface area contributed by atoms with Crippen molar-refractivity contribution in [2.24, 2.45) is 0 Å². The monoisotopic (exact) mass is 368 g/mol. The summed E-state index contributed by atoms with van der Waals surface area (Å²) in [6, 6.07) is 15.3. The van der Waals surface area contributed by atoms with Gasteiger partial charge >= 0.3 is 0 Å². The number of nitrogens with zero attached hydrogens (tertiary/aromatic N) is 4. The summed E-state index contributed by atoms with van der Waals surface area (Å²) in [5, 5.41) is 0.643. The van der Waals surface area contributed by atoms with Crippen LogP contribution in [0.15, 0.2) is 48.5 Å². The fourth-order valence-electron chi connectivity index (χ4n) is 3.50. The molecule has 0 bridgehead atoms. The first kappa shape index (κ1) is 16.9. The van der Waals surface area contributed by atoms with Crippen LogP contribution >= 0.6 is 11.6 Å². The van der Waals surface area contributed by atoms with Crippen LogP contribution in [0.2, 0.25) is 5.02 Å². The number of halogens is 1. The van der Waals surface area contributed by atoms with Crippen LogP contribution in [0.1, 0.15) is 17.3 Å². The number of benzene rings is 2. The Morgan fingerprint density at radius 3 is 2.42 bits per heavy atom. The van der Waals surface area contributed by atoms with Crippen molar-refractivity contribution in [1.82, 2.24) is 14.5 Å². The highest BCUT2D eigenvalue weighted by atomic mass is 35.5. The molecule has 4 rings (SSSR count). The minimum Gasteiger partial charge on any atom is -0.339 e. The molecule has 0 spiro atoms. The van der Waals surface area contributed by atoms with Crippen LogP contribution in [0.5, 0.6) is 0 Å². The van der Waals surface area contributed by atoms with Crippen LogP contribution in [0.3, 0.4) is 0 Å². The zero-order valence-electron chi connectivity index (χ0n) is 14.7. The molecule has 6 heteroatoms. The average molecular weight is 369 g/mol. The lowest BCUT2D eigenvalue weighted by Gasteiger charge is -2.35. The van der Waals surface area contributed by atoms with E-state index in [-0.39, 0.29) is 5.91 Å². The molecule has 0 aliphatic carbocycles. The van der Waals surface area contributed by atoms with Gasteiger partial charge in [-0.1, -0.05) is 23.7 Å². The molecule has 0 atom stereocenters. The third-order valence-corrected chi connectivity index (χ3v) is 5.14. The molecule has 0 N–H and O–H groups in total. The van der Waals surface area contributed by atoms with Crippen LogP contribution in [-0.2, 0) is 6.54 Å². The normalized spacial score (nSPS) is 14.8. The Morgan fingerprint density at radius 2 is 1.73 bits per heavy atom. The Kier molecular flexibility index (Phi) is 4.55. The predicted molar refractivity (Wildman–Crippen MR) is 105 cm³/mol. The van der Waals surface area contributed by atoms with Gasteiger partial charge in [0, 0.05) is 43.3 Å². The van der Waals surface area contributed by atoms with E-state index in [4.69, 9.17) is 16.6 Å². The van der Waals surface area contributed by atoms with Crippen molar-refractivity contribution in [3.63, 3.8) is 0 Å². The molecule has 3 aromatic rings. The van der Waals surface area contributed by atoms with Gasteiger partial charge < -0.3 is 14.4 Å². The lowest BCUT2D eigenvalue weighted by molar-refractivity contribution is 0.0746. The summed E-state index contributed by atoms with van der Waals surface area (Å²) in [5.41, 5.74) is 2.86. The topological polar surface area (TPSA) is 41.4 Å². The standard InChI is InChI=1S/C20H21ClN4O/c1-2-25-18-6-4-3-5-17(18)22-20(25)24-13-11-23(12-14-24)19(26)15-7-9-16(21)10-8-15/h3-10H,2,11-14H2,1H3. The van der Waals surface area contributed by atoms with E-state index in [1.165, 1.54) is 0 Å². The molecule has 134 valence electrons. The van der Waals surface area contributed by atoms with Gasteiger partial charge in [0.25, 0.3) is 5.91 Å². The van der Waals surface area contributed by atoms with Gasteiger partial charge in [0.1, 0.15) is 0 Å². The Labute approximate surface area is 157 Å². The molecule has 2 heterocycles. The molecule has 1 aliphatic heterocycles. The first-order valence-corrected chi connectivity index (χ1v) is 9.30. The molecule has 1 saturated heterocycles. The van der Waals surface area contributed by atoms with E-state index in [0.717, 1.165) is 36.6 Å². The molecule has 0 saturated carbocycles. The Hall–Kier alpha value is -2.53. The largest absolute Gasteiger partial charge is 0.339 e. The molecule has 1 fully saturated rings. The number of para-hydroxylation sites is 2. The van der Waals surface area contributed by atoms with E-state index in [9.17, 15) is 4.79 Å². The van der Waals surface area contributed by atoms with E-state index >= 15 is 0 Å². The number of hydrogen-bond donors (Lipinski definition) is 0. The highest BCUT2D eigenvalue weighted by molar-refractivity contribution is 6.30. The summed E-state index contributed by atoms with van der Waals surface area (Å²) in [4.78, 5) is 21.7. The lowest BCUT2D eigenvalue weighted by Crippen LogP contribution is -2.49. The number of hydrogen-bond acceptors (Lipinski definition) is 3. The van der Waals surface area contributed by atoms with E-state index in [1.807, 2.05) is 23.1 Å². The molecular weight excluding hydrogens is 348 g/mol. The molecule has 26 heavy (non-hydrogen) atoms. The first-order chi connectivity index (χ1) is 12.7. The second kappa shape index (κ2) is 7.00. The second-order valence-corrected chi connectivity index (χ2v) is 6.87. The minimum atomic E-state index is 0.0605. The van der Waals surface area contributed by atoms with E-state index in [2.05, 4.69) is 22.5 Å². The third kappa shape index (κ3) is 3.03. The molecule has 2 aromatic carbocycles. The predicted octanol–water partition coefficient (Wildman–Crippen LogP) is 3.67. The van der Waals surface area contributed by atoms with Crippen molar-refractivity contribution in [3.05, 3.63) is 59.1 Å². The number of carbonyl (C=O) groups is 1. The van der Waals surface area contributed by atoms with E-state index in [1.54, 1.807) is 24.3 Å². The third-order valence-electron chi connectivity index (χ3n) is 4.89. The Morgan fingerprint density at radius 1 is 1.04 bits per heavy atom. The van der Waals surface area contributed by atoms with Crippen molar-refractivity contribution in [2.45, 2.75) is 13.5 Å². The van der Waals surface area contributed by atoms with Gasteiger partial charge in [-0.15, -0.1) is 0 Å². The summed E-state index contributed by atoms with van der Waals surface area (Å²) >= 11 is 5.91. The number of rotatable bonds is 3. The van der Waals surface area contributed by atoms with E-state index in [0.29, 0.717) is 23.7 Å². The maximum Gasteiger partial charge on any atom is 0.253 e. The number of piperazine rings is 1. The van der Waals surface area contributed by atoms with Gasteiger partial charge in [-0.2, -0.15) is 0 Å². The number of aromatic nitrogens is 2. The van der Waals surface area contributed by atoms with Crippen molar-refractivity contribution < 1.29 is 4.79 Å². The molecule has 5 nitrogen and oxygen atoms in total. The van der Waals surface area contributed by atoms with Gasteiger partial charge in [-0.25, -0.2) is 4.98 Å². The first-order valence-electron chi connectivity index (χ1n) is 8.92. The van der Waals surface area contributed by atoms with Gasteiger partial charge in [0.05, 0.1) is 11.0 Å². The zero-order chi connectivity index (χ0) is 18.1. The Bertz CT molecular complexity index is 927. The highest BCUT2D eigenvalue weighted by Crippen LogP contribution is 2.24. The van der Waals surface area contributed by atoms with Gasteiger partial charge in [0.15, 0.2) is 0 Å². The number of anilines is 1. The quantitative estimate of drug-likeness (QED) is 0.708. The molecular formula is C20H21ClN4O. The fourth-order valence-corrected chi connectivity index (χ4v) is 3.63. The van der Waals surface area contributed by atoms with Crippen molar-refractivity contribution in [2.75, 3.05) is 31.1 Å². The van der Waals surface area contributed by atoms with Crippen LogP contribution in [0, 0.1) is 0 Å². The number of imidazole rings is 1. The Balaban J connectivity index is 1.50.